The molecular weight excluding hydrogens is 222 g/mol. The van der Waals surface area contributed by atoms with Gasteiger partial charge in [0.1, 0.15) is 6.04 Å². The first-order valence-electron chi connectivity index (χ1n) is 6.04. The molecule has 0 fully saturated rings. The van der Waals surface area contributed by atoms with E-state index in [4.69, 9.17) is 5.11 Å². The molecule has 0 aliphatic rings. The minimum absolute atomic E-state index is 0.0456. The molecule has 0 heterocycles. The lowest BCUT2D eigenvalue weighted by atomic mass is 9.99. The summed E-state index contributed by atoms with van der Waals surface area (Å²) < 4.78 is 4.67. The molecule has 0 aromatic carbocycles. The number of aliphatic hydroxyl groups excluding tert-OH is 1. The smallest absolute Gasteiger partial charge is 0.328 e. The van der Waals surface area contributed by atoms with Crippen molar-refractivity contribution in [3.63, 3.8) is 0 Å². The van der Waals surface area contributed by atoms with E-state index in [2.05, 4.69) is 10.1 Å². The summed E-state index contributed by atoms with van der Waals surface area (Å²) in [5.41, 5.74) is 0. The predicted octanol–water partition coefficient (Wildman–Crippen LogP) is 0.853. The van der Waals surface area contributed by atoms with Crippen LogP contribution in [0.25, 0.3) is 0 Å². The first-order chi connectivity index (χ1) is 8.06. The van der Waals surface area contributed by atoms with Crippen molar-refractivity contribution in [2.24, 2.45) is 5.92 Å². The van der Waals surface area contributed by atoms with Crippen molar-refractivity contribution in [2.45, 2.75) is 45.6 Å². The van der Waals surface area contributed by atoms with Gasteiger partial charge in [0.25, 0.3) is 0 Å². The van der Waals surface area contributed by atoms with Gasteiger partial charge in [0.2, 0.25) is 5.91 Å². The molecule has 0 aromatic heterocycles. The van der Waals surface area contributed by atoms with Crippen LogP contribution < -0.4 is 5.32 Å². The third kappa shape index (κ3) is 6.26. The lowest BCUT2D eigenvalue weighted by molar-refractivity contribution is -0.146. The Labute approximate surface area is 103 Å². The number of hydrogen-bond donors (Lipinski definition) is 2. The molecule has 5 heteroatoms. The van der Waals surface area contributed by atoms with Crippen molar-refractivity contribution in [3.05, 3.63) is 0 Å². The SMILES string of the molecule is CCC(C)C(NC(=O)CCCCO)C(=O)OC. The number of esters is 1. The Bertz CT molecular complexity index is 243. The fraction of sp³-hybridized carbons (Fsp3) is 0.833. The topological polar surface area (TPSA) is 75.6 Å². The number of hydrogen-bond acceptors (Lipinski definition) is 4. The van der Waals surface area contributed by atoms with E-state index < -0.39 is 12.0 Å². The van der Waals surface area contributed by atoms with Gasteiger partial charge in [0.05, 0.1) is 7.11 Å². The first kappa shape index (κ1) is 15.9. The predicted molar refractivity (Wildman–Crippen MR) is 64.3 cm³/mol. The van der Waals surface area contributed by atoms with Crippen molar-refractivity contribution in [3.8, 4) is 0 Å². The van der Waals surface area contributed by atoms with Gasteiger partial charge in [-0.05, 0) is 18.8 Å². The molecule has 0 aliphatic carbocycles. The molecule has 0 aromatic rings. The van der Waals surface area contributed by atoms with Crippen molar-refractivity contribution in [1.29, 1.82) is 0 Å². The molecule has 5 nitrogen and oxygen atoms in total. The van der Waals surface area contributed by atoms with E-state index in [0.29, 0.717) is 19.3 Å². The molecule has 1 amide bonds. The number of ether oxygens (including phenoxy) is 1. The van der Waals surface area contributed by atoms with E-state index in [1.807, 2.05) is 13.8 Å². The Morgan fingerprint density at radius 3 is 2.47 bits per heavy atom. The molecule has 17 heavy (non-hydrogen) atoms. The third-order valence-corrected chi connectivity index (χ3v) is 2.80. The Hall–Kier alpha value is -1.10. The number of amides is 1. The number of nitrogens with one attached hydrogen (secondary N) is 1. The highest BCUT2D eigenvalue weighted by atomic mass is 16.5. The maximum Gasteiger partial charge on any atom is 0.328 e. The largest absolute Gasteiger partial charge is 0.467 e. The summed E-state index contributed by atoms with van der Waals surface area (Å²) in [6.45, 7) is 3.94. The molecule has 0 spiro atoms. The second-order valence-electron chi connectivity index (χ2n) is 4.13. The van der Waals surface area contributed by atoms with Crippen LogP contribution in [0.1, 0.15) is 39.5 Å². The van der Waals surface area contributed by atoms with Crippen LogP contribution in [0.5, 0.6) is 0 Å². The fourth-order valence-electron chi connectivity index (χ4n) is 1.44. The summed E-state index contributed by atoms with van der Waals surface area (Å²) in [7, 11) is 1.32. The van der Waals surface area contributed by atoms with Crippen LogP contribution in [-0.4, -0.2) is 36.7 Å². The zero-order chi connectivity index (χ0) is 13.3. The molecule has 0 rings (SSSR count). The minimum atomic E-state index is -0.577. The molecule has 0 saturated heterocycles. The van der Waals surface area contributed by atoms with Crippen LogP contribution in [0.2, 0.25) is 0 Å². The van der Waals surface area contributed by atoms with E-state index in [1.54, 1.807) is 0 Å². The van der Waals surface area contributed by atoms with E-state index in [-0.39, 0.29) is 18.4 Å². The van der Waals surface area contributed by atoms with Gasteiger partial charge in [-0.3, -0.25) is 4.79 Å². The van der Waals surface area contributed by atoms with Gasteiger partial charge in [-0.15, -0.1) is 0 Å². The molecule has 2 N–H and O–H groups in total. The summed E-state index contributed by atoms with van der Waals surface area (Å²) in [4.78, 5) is 23.1. The van der Waals surface area contributed by atoms with Gasteiger partial charge >= 0.3 is 5.97 Å². The van der Waals surface area contributed by atoms with Crippen LogP contribution in [-0.2, 0) is 14.3 Å². The average molecular weight is 245 g/mol. The van der Waals surface area contributed by atoms with Crippen LogP contribution in [0.15, 0.2) is 0 Å². The van der Waals surface area contributed by atoms with E-state index >= 15 is 0 Å². The highest BCUT2D eigenvalue weighted by molar-refractivity contribution is 5.84. The highest BCUT2D eigenvalue weighted by Gasteiger charge is 2.26. The van der Waals surface area contributed by atoms with Gasteiger partial charge < -0.3 is 15.2 Å². The first-order valence-corrected chi connectivity index (χ1v) is 6.04. The van der Waals surface area contributed by atoms with Gasteiger partial charge in [0, 0.05) is 13.0 Å². The molecule has 100 valence electrons. The normalized spacial score (nSPS) is 13.9. The lowest BCUT2D eigenvalue weighted by Gasteiger charge is -2.21. The van der Waals surface area contributed by atoms with Gasteiger partial charge in [0.15, 0.2) is 0 Å². The maximum atomic E-state index is 11.6. The Morgan fingerprint density at radius 2 is 2.00 bits per heavy atom. The van der Waals surface area contributed by atoms with Crippen LogP contribution in [0.4, 0.5) is 0 Å². The maximum absolute atomic E-state index is 11.6. The monoisotopic (exact) mass is 245 g/mol. The molecular formula is C12H23NO4. The van der Waals surface area contributed by atoms with E-state index in [9.17, 15) is 9.59 Å². The second kappa shape index (κ2) is 8.98. The summed E-state index contributed by atoms with van der Waals surface area (Å²) in [5, 5.41) is 11.3. The number of carbonyl (C=O) groups excluding carboxylic acids is 2. The van der Waals surface area contributed by atoms with Gasteiger partial charge in [-0.1, -0.05) is 20.3 Å². The average Bonchev–Trinajstić information content (AvgIpc) is 2.34. The summed E-state index contributed by atoms with van der Waals surface area (Å²) >= 11 is 0. The molecule has 0 radical (unpaired) electrons. The van der Waals surface area contributed by atoms with Gasteiger partial charge in [-0.2, -0.15) is 0 Å². The van der Waals surface area contributed by atoms with Crippen LogP contribution in [0.3, 0.4) is 0 Å². The molecule has 0 bridgehead atoms. The van der Waals surface area contributed by atoms with Crippen molar-refractivity contribution >= 4 is 11.9 Å². The van der Waals surface area contributed by atoms with Gasteiger partial charge in [-0.25, -0.2) is 4.79 Å². The highest BCUT2D eigenvalue weighted by Crippen LogP contribution is 2.09. The molecule has 0 aliphatic heterocycles. The van der Waals surface area contributed by atoms with Crippen molar-refractivity contribution in [1.82, 2.24) is 5.32 Å². The zero-order valence-corrected chi connectivity index (χ0v) is 10.9. The number of unbranched alkanes of at least 4 members (excludes halogenated alkanes) is 1. The van der Waals surface area contributed by atoms with Crippen molar-refractivity contribution in [2.75, 3.05) is 13.7 Å². The Kier molecular flexibility index (Phi) is 8.40. The standard InChI is InChI=1S/C12H23NO4/c1-4-9(2)11(12(16)17-3)13-10(15)7-5-6-8-14/h9,11,14H,4-8H2,1-3H3,(H,13,15). The Morgan fingerprint density at radius 1 is 1.35 bits per heavy atom. The fourth-order valence-corrected chi connectivity index (χ4v) is 1.44. The summed E-state index contributed by atoms with van der Waals surface area (Å²) in [6, 6.07) is -0.577. The summed E-state index contributed by atoms with van der Waals surface area (Å²) in [6.07, 6.45) is 2.33. The second-order valence-corrected chi connectivity index (χ2v) is 4.13. The van der Waals surface area contributed by atoms with Crippen LogP contribution in [0, 0.1) is 5.92 Å². The third-order valence-electron chi connectivity index (χ3n) is 2.80. The molecule has 2 unspecified atom stereocenters. The molecule has 0 saturated carbocycles. The van der Waals surface area contributed by atoms with E-state index in [0.717, 1.165) is 6.42 Å². The Balaban J connectivity index is 4.23. The minimum Gasteiger partial charge on any atom is -0.467 e. The number of rotatable bonds is 8. The van der Waals surface area contributed by atoms with E-state index in [1.165, 1.54) is 7.11 Å². The summed E-state index contributed by atoms with van der Waals surface area (Å²) in [5.74, 6) is -0.534. The van der Waals surface area contributed by atoms with Crippen LogP contribution >= 0.6 is 0 Å². The quantitative estimate of drug-likeness (QED) is 0.491. The number of aliphatic hydroxyl groups is 1. The lowest BCUT2D eigenvalue weighted by Crippen LogP contribution is -2.45. The zero-order valence-electron chi connectivity index (χ0n) is 10.9. The van der Waals surface area contributed by atoms with Crippen molar-refractivity contribution < 1.29 is 19.4 Å². The molecule has 2 atom stereocenters. The number of methoxy groups -OCH3 is 1. The number of carbonyl (C=O) groups is 2.